The van der Waals surface area contributed by atoms with Crippen molar-refractivity contribution in [3.05, 3.63) is 144 Å². The molecule has 8 atom stereocenters. The van der Waals surface area contributed by atoms with E-state index in [1.807, 2.05) is 139 Å². The largest absolute Gasteiger partial charge is 0.254 e. The summed E-state index contributed by atoms with van der Waals surface area (Å²) in [5.41, 5.74) is 4.24. The highest BCUT2D eigenvalue weighted by Crippen LogP contribution is 2.35. The molecule has 12 heteroatoms. The third-order valence-electron chi connectivity index (χ3n) is 11.3. The van der Waals surface area contributed by atoms with Crippen LogP contribution in [0.25, 0.3) is 0 Å². The summed E-state index contributed by atoms with van der Waals surface area (Å²) in [5.74, 6) is 0. The number of benzene rings is 4. The maximum Gasteiger partial charge on any atom is 0.243 e. The first-order valence-electron chi connectivity index (χ1n) is 21.0. The predicted octanol–water partition coefficient (Wildman–Crippen LogP) is 9.98. The summed E-state index contributed by atoms with van der Waals surface area (Å²) in [4.78, 5) is 2.05. The van der Waals surface area contributed by atoms with E-state index in [1.54, 1.807) is 32.9 Å². The van der Waals surface area contributed by atoms with E-state index in [1.165, 1.54) is 0 Å². The molecule has 2 aliphatic rings. The van der Waals surface area contributed by atoms with Crippen molar-refractivity contribution >= 4 is 41.6 Å². The van der Waals surface area contributed by atoms with Crippen LogP contribution in [0.4, 0.5) is 0 Å². The van der Waals surface area contributed by atoms with Gasteiger partial charge in [-0.3, -0.25) is 8.42 Å². The molecule has 0 unspecified atom stereocenters. The molecule has 0 fully saturated rings. The number of aryl methyl sites for hydroxylation is 4. The fourth-order valence-corrected chi connectivity index (χ4v) is 14.6. The van der Waals surface area contributed by atoms with Crippen LogP contribution in [0.15, 0.2) is 141 Å². The monoisotopic (exact) mass is 890 g/mol. The summed E-state index contributed by atoms with van der Waals surface area (Å²) in [6.07, 6.45) is 12.7. The standard InChI is InChI=1S/2C24H31NO3S2/c2*1-5-6-7-23-24(29(26)21-13-8-18(2)9-14-21)17-12-20(4)25(23)30(27,28)22-15-10-19(3)11-16-22/h2*8-17,20,23-24H,5-7H2,1-4H3/t2*20-,23-,24+,29-/m00/s1. The molecule has 0 amide bonds. The molecule has 6 rings (SSSR count). The van der Waals surface area contributed by atoms with Crippen molar-refractivity contribution in [1.29, 1.82) is 0 Å². The van der Waals surface area contributed by atoms with Crippen LogP contribution in [0.3, 0.4) is 0 Å². The highest BCUT2D eigenvalue weighted by atomic mass is 32.2. The van der Waals surface area contributed by atoms with Crippen LogP contribution in [-0.4, -0.2) is 68.5 Å². The van der Waals surface area contributed by atoms with E-state index in [0.29, 0.717) is 12.8 Å². The quantitative estimate of drug-likeness (QED) is 0.117. The first kappa shape index (κ1) is 47.5. The van der Waals surface area contributed by atoms with E-state index in [2.05, 4.69) is 13.8 Å². The maximum atomic E-state index is 13.6. The summed E-state index contributed by atoms with van der Waals surface area (Å²) in [7, 11) is -10.1. The summed E-state index contributed by atoms with van der Waals surface area (Å²) >= 11 is 0. The molecule has 0 radical (unpaired) electrons. The summed E-state index contributed by atoms with van der Waals surface area (Å²) < 4.78 is 84.6. The van der Waals surface area contributed by atoms with Crippen molar-refractivity contribution in [2.45, 2.75) is 148 Å². The Kier molecular flexibility index (Phi) is 16.7. The highest BCUT2D eigenvalue weighted by Gasteiger charge is 2.44. The lowest BCUT2D eigenvalue weighted by atomic mass is 10.0. The van der Waals surface area contributed by atoms with E-state index >= 15 is 0 Å². The molecule has 4 aromatic rings. The maximum absolute atomic E-state index is 13.6. The van der Waals surface area contributed by atoms with Gasteiger partial charge in [-0.05, 0) is 103 Å². The Morgan fingerprint density at radius 1 is 0.467 bits per heavy atom. The molecule has 0 aliphatic carbocycles. The van der Waals surface area contributed by atoms with Gasteiger partial charge in [-0.25, -0.2) is 16.8 Å². The first-order valence-corrected chi connectivity index (χ1v) is 26.3. The Morgan fingerprint density at radius 2 is 0.750 bits per heavy atom. The predicted molar refractivity (Wildman–Crippen MR) is 247 cm³/mol. The lowest BCUT2D eigenvalue weighted by Crippen LogP contribution is -2.53. The smallest absolute Gasteiger partial charge is 0.243 e. The Balaban J connectivity index is 0.000000228. The third kappa shape index (κ3) is 11.1. The molecule has 0 bridgehead atoms. The second-order valence-electron chi connectivity index (χ2n) is 16.1. The Bertz CT molecular complexity index is 2190. The van der Waals surface area contributed by atoms with Crippen molar-refractivity contribution in [3.8, 4) is 0 Å². The Labute approximate surface area is 365 Å². The van der Waals surface area contributed by atoms with Crippen molar-refractivity contribution in [2.75, 3.05) is 0 Å². The molecule has 0 N–H and O–H groups in total. The summed E-state index contributed by atoms with van der Waals surface area (Å²) in [6.45, 7) is 15.8. The average molecular weight is 891 g/mol. The van der Waals surface area contributed by atoms with Gasteiger partial charge in [0.15, 0.2) is 0 Å². The van der Waals surface area contributed by atoms with Crippen LogP contribution in [0, 0.1) is 27.7 Å². The van der Waals surface area contributed by atoms with E-state index in [-0.39, 0.29) is 44.5 Å². The molecule has 8 nitrogen and oxygen atoms in total. The zero-order valence-electron chi connectivity index (χ0n) is 36.2. The van der Waals surface area contributed by atoms with Gasteiger partial charge in [-0.1, -0.05) is 135 Å². The van der Waals surface area contributed by atoms with Crippen molar-refractivity contribution in [1.82, 2.24) is 8.61 Å². The van der Waals surface area contributed by atoms with Gasteiger partial charge in [0, 0.05) is 34.0 Å². The number of hydrogen-bond acceptors (Lipinski definition) is 6. The molecule has 324 valence electrons. The molecule has 0 saturated heterocycles. The molecule has 2 heterocycles. The summed E-state index contributed by atoms with van der Waals surface area (Å²) in [5, 5.41) is -0.758. The van der Waals surface area contributed by atoms with Gasteiger partial charge in [-0.15, -0.1) is 0 Å². The molecular formula is C48H62N2O6S4. The van der Waals surface area contributed by atoms with Crippen molar-refractivity contribution < 1.29 is 25.3 Å². The van der Waals surface area contributed by atoms with Gasteiger partial charge >= 0.3 is 0 Å². The Hall–Kier alpha value is -3.52. The zero-order chi connectivity index (χ0) is 43.8. The van der Waals surface area contributed by atoms with Gasteiger partial charge in [0.25, 0.3) is 0 Å². The normalized spacial score (nSPS) is 23.4. The summed E-state index contributed by atoms with van der Waals surface area (Å²) in [6, 6.07) is 28.0. The van der Waals surface area contributed by atoms with E-state index in [9.17, 15) is 25.3 Å². The molecule has 0 saturated carbocycles. The van der Waals surface area contributed by atoms with Crippen LogP contribution in [-0.2, 0) is 41.6 Å². The molecule has 0 aromatic heterocycles. The number of hydrogen-bond donors (Lipinski definition) is 0. The highest BCUT2D eigenvalue weighted by molar-refractivity contribution is 7.90. The number of sulfonamides is 2. The fourth-order valence-electron chi connectivity index (χ4n) is 7.82. The van der Waals surface area contributed by atoms with Crippen molar-refractivity contribution in [2.24, 2.45) is 0 Å². The second kappa shape index (κ2) is 21.0. The van der Waals surface area contributed by atoms with Crippen LogP contribution in [0.2, 0.25) is 0 Å². The first-order chi connectivity index (χ1) is 28.5. The van der Waals surface area contributed by atoms with E-state index in [0.717, 1.165) is 57.7 Å². The SMILES string of the molecule is CCCC[C@H]1[C@H]([S@@](=O)c2ccc(C)cc2)C=C[C@H](C)N1S(=O)(=O)c1ccc(C)cc1.CCCC[C@H]1[C@H]([S@@](=O)c2ccc(C)cc2)C=C[C@H](C)N1S(=O)(=O)c1ccc(C)cc1. The minimum absolute atomic E-state index is 0.288. The Morgan fingerprint density at radius 3 is 1.03 bits per heavy atom. The molecule has 4 aromatic carbocycles. The van der Waals surface area contributed by atoms with Gasteiger partial charge in [0.2, 0.25) is 20.0 Å². The second-order valence-corrected chi connectivity index (χ2v) is 23.0. The number of unbranched alkanes of at least 4 members (excludes halogenated alkanes) is 2. The van der Waals surface area contributed by atoms with Crippen LogP contribution < -0.4 is 0 Å². The van der Waals surface area contributed by atoms with Crippen LogP contribution in [0.1, 0.15) is 88.5 Å². The number of nitrogens with zero attached hydrogens (tertiary/aromatic N) is 2. The molecule has 0 spiro atoms. The van der Waals surface area contributed by atoms with Crippen LogP contribution in [0.5, 0.6) is 0 Å². The van der Waals surface area contributed by atoms with Crippen molar-refractivity contribution in [3.63, 3.8) is 0 Å². The topological polar surface area (TPSA) is 109 Å². The fraction of sp³-hybridized carbons (Fsp3) is 0.417. The van der Waals surface area contributed by atoms with E-state index < -0.39 is 41.6 Å². The lowest BCUT2D eigenvalue weighted by Gasteiger charge is -2.40. The van der Waals surface area contributed by atoms with Gasteiger partial charge in [0.05, 0.1) is 41.9 Å². The average Bonchev–Trinajstić information content (AvgIpc) is 3.22. The van der Waals surface area contributed by atoms with Crippen LogP contribution >= 0.6 is 0 Å². The van der Waals surface area contributed by atoms with Gasteiger partial charge < -0.3 is 0 Å². The van der Waals surface area contributed by atoms with Gasteiger partial charge in [-0.2, -0.15) is 8.61 Å². The van der Waals surface area contributed by atoms with Gasteiger partial charge in [0.1, 0.15) is 0 Å². The zero-order valence-corrected chi connectivity index (χ0v) is 39.5. The third-order valence-corrected chi connectivity index (χ3v) is 18.7. The minimum Gasteiger partial charge on any atom is -0.254 e. The molecule has 60 heavy (non-hydrogen) atoms. The number of rotatable bonds is 14. The van der Waals surface area contributed by atoms with E-state index in [4.69, 9.17) is 0 Å². The molecule has 2 aliphatic heterocycles. The lowest BCUT2D eigenvalue weighted by molar-refractivity contribution is 0.264. The molecular weight excluding hydrogens is 829 g/mol. The minimum atomic E-state index is -3.72.